The highest BCUT2D eigenvalue weighted by Crippen LogP contribution is 2.34. The van der Waals surface area contributed by atoms with Gasteiger partial charge in [0.2, 0.25) is 0 Å². The average molecular weight is 529 g/mol. The fourth-order valence-corrected chi connectivity index (χ4v) is 5.15. The van der Waals surface area contributed by atoms with Crippen LogP contribution in [0, 0.1) is 12.7 Å². The molecule has 3 aromatic carbocycles. The number of nitrogen functional groups attached to an aromatic ring is 1. The van der Waals surface area contributed by atoms with Gasteiger partial charge in [0.1, 0.15) is 17.8 Å². The van der Waals surface area contributed by atoms with Crippen LogP contribution in [0.4, 0.5) is 15.8 Å². The van der Waals surface area contributed by atoms with Crippen molar-refractivity contribution in [1.82, 2.24) is 0 Å². The largest absolute Gasteiger partial charge is 0.496 e. The second kappa shape index (κ2) is 11.3. The highest BCUT2D eigenvalue weighted by Gasteiger charge is 2.32. The van der Waals surface area contributed by atoms with E-state index in [2.05, 4.69) is 0 Å². The fraction of sp³-hybridized carbons (Fsp3) is 0.296. The van der Waals surface area contributed by atoms with Crippen molar-refractivity contribution in [3.05, 3.63) is 83.2 Å². The second-order valence-corrected chi connectivity index (χ2v) is 10.3. The molecule has 1 amide bonds. The van der Waals surface area contributed by atoms with Crippen LogP contribution in [0.1, 0.15) is 34.3 Å². The number of benzene rings is 3. The van der Waals surface area contributed by atoms with Gasteiger partial charge in [-0.25, -0.2) is 4.39 Å². The predicted molar refractivity (Wildman–Crippen MR) is 138 cm³/mol. The predicted octanol–water partition coefficient (Wildman–Crippen LogP) is 4.46. The fourth-order valence-electron chi connectivity index (χ4n) is 4.25. The van der Waals surface area contributed by atoms with E-state index in [9.17, 15) is 17.6 Å². The molecule has 0 spiro atoms. The zero-order chi connectivity index (χ0) is 26.6. The summed E-state index contributed by atoms with van der Waals surface area (Å²) in [6.07, 6.45) is 0.886. The molecule has 0 radical (unpaired) electrons. The standard InChI is InChI=1S/C27H29FN2O6S/c1-18-6-10-22(11-7-18)37(32,33)36-15-14-35-26-5-3-4-19-16-20(28)8-13-24(19)30(26)27(31)23-12-9-21(29)17-25(23)34-2/h6-13,16-17,26H,3-5,14-15,29H2,1-2H3. The van der Waals surface area contributed by atoms with Crippen LogP contribution in [0.3, 0.4) is 0 Å². The van der Waals surface area contributed by atoms with Crippen LogP contribution in [0.25, 0.3) is 0 Å². The summed E-state index contributed by atoms with van der Waals surface area (Å²) in [7, 11) is -2.52. The summed E-state index contributed by atoms with van der Waals surface area (Å²) in [6, 6.07) is 15.3. The first kappa shape index (κ1) is 26.6. The van der Waals surface area contributed by atoms with E-state index >= 15 is 0 Å². The molecule has 1 atom stereocenters. The van der Waals surface area contributed by atoms with Crippen LogP contribution in [-0.4, -0.2) is 40.9 Å². The van der Waals surface area contributed by atoms with Crippen LogP contribution in [-0.2, 0) is 25.5 Å². The maximum absolute atomic E-state index is 14.0. The summed E-state index contributed by atoms with van der Waals surface area (Å²) >= 11 is 0. The van der Waals surface area contributed by atoms with E-state index in [1.54, 1.807) is 36.4 Å². The van der Waals surface area contributed by atoms with E-state index in [1.807, 2.05) is 6.92 Å². The van der Waals surface area contributed by atoms with Gasteiger partial charge in [-0.2, -0.15) is 8.42 Å². The van der Waals surface area contributed by atoms with Crippen molar-refractivity contribution in [1.29, 1.82) is 0 Å². The molecule has 196 valence electrons. The molecule has 10 heteroatoms. The Kier molecular flexibility index (Phi) is 8.11. The van der Waals surface area contributed by atoms with Gasteiger partial charge in [0.25, 0.3) is 16.0 Å². The molecule has 0 bridgehead atoms. The molecular formula is C27H29FN2O6S. The Labute approximate surface area is 215 Å². The number of nitrogens with two attached hydrogens (primary N) is 1. The third-order valence-electron chi connectivity index (χ3n) is 6.10. The SMILES string of the molecule is COc1cc(N)ccc1C(=O)N1c2ccc(F)cc2CCCC1OCCOS(=O)(=O)c1ccc(C)cc1. The Hall–Kier alpha value is -3.47. The average Bonchev–Trinajstić information content (AvgIpc) is 3.05. The molecule has 0 saturated carbocycles. The van der Waals surface area contributed by atoms with Gasteiger partial charge in [0.05, 0.1) is 36.5 Å². The molecule has 8 nitrogen and oxygen atoms in total. The Morgan fingerprint density at radius 3 is 2.57 bits per heavy atom. The van der Waals surface area contributed by atoms with Crippen LogP contribution < -0.4 is 15.4 Å². The van der Waals surface area contributed by atoms with Gasteiger partial charge in [-0.15, -0.1) is 0 Å². The molecule has 0 aromatic heterocycles. The van der Waals surface area contributed by atoms with E-state index < -0.39 is 28.1 Å². The number of fused-ring (bicyclic) bond motifs is 1. The first-order valence-electron chi connectivity index (χ1n) is 11.8. The highest BCUT2D eigenvalue weighted by atomic mass is 32.2. The lowest BCUT2D eigenvalue weighted by Crippen LogP contribution is -2.42. The van der Waals surface area contributed by atoms with Crippen molar-refractivity contribution >= 4 is 27.4 Å². The number of carbonyl (C=O) groups is 1. The molecule has 0 aliphatic carbocycles. The first-order valence-corrected chi connectivity index (χ1v) is 13.2. The van der Waals surface area contributed by atoms with Crippen molar-refractivity contribution in [2.45, 2.75) is 37.3 Å². The third kappa shape index (κ3) is 6.10. The summed E-state index contributed by atoms with van der Waals surface area (Å²) < 4.78 is 55.6. The van der Waals surface area contributed by atoms with Gasteiger partial charge in [0, 0.05) is 11.8 Å². The van der Waals surface area contributed by atoms with Crippen molar-refractivity contribution in [3.63, 3.8) is 0 Å². The lowest BCUT2D eigenvalue weighted by molar-refractivity contribution is 0.0267. The molecule has 1 aliphatic heterocycles. The summed E-state index contributed by atoms with van der Waals surface area (Å²) in [5.74, 6) is -0.515. The normalized spacial score (nSPS) is 15.6. The Morgan fingerprint density at radius 1 is 1.08 bits per heavy atom. The lowest BCUT2D eigenvalue weighted by atomic mass is 10.1. The van der Waals surface area contributed by atoms with Crippen molar-refractivity contribution in [3.8, 4) is 5.75 Å². The molecule has 2 N–H and O–H groups in total. The van der Waals surface area contributed by atoms with Crippen LogP contribution in [0.15, 0.2) is 65.6 Å². The zero-order valence-electron chi connectivity index (χ0n) is 20.6. The molecule has 3 aromatic rings. The Bertz CT molecular complexity index is 1380. The van der Waals surface area contributed by atoms with E-state index in [4.69, 9.17) is 19.4 Å². The molecule has 4 rings (SSSR count). The Balaban J connectivity index is 1.56. The molecule has 0 fully saturated rings. The topological polar surface area (TPSA) is 108 Å². The van der Waals surface area contributed by atoms with Crippen molar-refractivity contribution in [2.75, 3.05) is 31.0 Å². The number of halogens is 1. The number of methoxy groups -OCH3 is 1. The van der Waals surface area contributed by atoms with Crippen molar-refractivity contribution in [2.24, 2.45) is 0 Å². The van der Waals surface area contributed by atoms with Gasteiger partial charge in [-0.05, 0) is 74.2 Å². The smallest absolute Gasteiger partial charge is 0.297 e. The monoisotopic (exact) mass is 528 g/mol. The molecule has 0 saturated heterocycles. The van der Waals surface area contributed by atoms with Gasteiger partial charge in [-0.3, -0.25) is 13.9 Å². The van der Waals surface area contributed by atoms with Crippen LogP contribution >= 0.6 is 0 Å². The highest BCUT2D eigenvalue weighted by molar-refractivity contribution is 7.86. The zero-order valence-corrected chi connectivity index (χ0v) is 21.5. The van der Waals surface area contributed by atoms with E-state index in [-0.39, 0.29) is 23.7 Å². The molecule has 37 heavy (non-hydrogen) atoms. The molecule has 1 heterocycles. The summed E-state index contributed by atoms with van der Waals surface area (Å²) in [5, 5.41) is 0. The molecule has 1 aliphatic rings. The quantitative estimate of drug-likeness (QED) is 0.261. The minimum absolute atomic E-state index is 0.0516. The van der Waals surface area contributed by atoms with E-state index in [1.165, 1.54) is 36.3 Å². The second-order valence-electron chi connectivity index (χ2n) is 8.71. The van der Waals surface area contributed by atoms with E-state index in [0.717, 1.165) is 5.56 Å². The minimum atomic E-state index is -3.96. The number of ether oxygens (including phenoxy) is 2. The number of anilines is 2. The van der Waals surface area contributed by atoms with Gasteiger partial charge in [0.15, 0.2) is 0 Å². The summed E-state index contributed by atoms with van der Waals surface area (Å²) in [5.41, 5.74) is 8.68. The summed E-state index contributed by atoms with van der Waals surface area (Å²) in [4.78, 5) is 15.3. The van der Waals surface area contributed by atoms with Gasteiger partial charge < -0.3 is 15.2 Å². The maximum Gasteiger partial charge on any atom is 0.297 e. The van der Waals surface area contributed by atoms with Gasteiger partial charge in [-0.1, -0.05) is 17.7 Å². The first-order chi connectivity index (χ1) is 17.7. The minimum Gasteiger partial charge on any atom is -0.496 e. The number of aryl methyl sites for hydroxylation is 2. The maximum atomic E-state index is 14.0. The number of hydrogen-bond donors (Lipinski definition) is 1. The third-order valence-corrected chi connectivity index (χ3v) is 7.43. The number of nitrogens with zero attached hydrogens (tertiary/aromatic N) is 1. The number of amides is 1. The number of rotatable bonds is 8. The number of hydrogen-bond acceptors (Lipinski definition) is 7. The van der Waals surface area contributed by atoms with Crippen molar-refractivity contribution < 1.29 is 31.3 Å². The van der Waals surface area contributed by atoms with Gasteiger partial charge >= 0.3 is 0 Å². The van der Waals surface area contributed by atoms with Crippen LogP contribution in [0.5, 0.6) is 5.75 Å². The molecular weight excluding hydrogens is 499 g/mol. The summed E-state index contributed by atoms with van der Waals surface area (Å²) in [6.45, 7) is 1.53. The molecule has 1 unspecified atom stereocenters. The lowest BCUT2D eigenvalue weighted by Gasteiger charge is -2.31. The number of carbonyl (C=O) groups excluding carboxylic acids is 1. The Morgan fingerprint density at radius 2 is 1.84 bits per heavy atom. The van der Waals surface area contributed by atoms with E-state index in [0.29, 0.717) is 42.0 Å². The van der Waals surface area contributed by atoms with Crippen LogP contribution in [0.2, 0.25) is 0 Å².